The first kappa shape index (κ1) is 11.1. The van der Waals surface area contributed by atoms with E-state index in [4.69, 9.17) is 5.73 Å². The van der Waals surface area contributed by atoms with Gasteiger partial charge in [0, 0.05) is 17.4 Å². The molecule has 5 nitrogen and oxygen atoms in total. The van der Waals surface area contributed by atoms with Gasteiger partial charge < -0.3 is 11.1 Å². The summed E-state index contributed by atoms with van der Waals surface area (Å²) in [5.41, 5.74) is 6.63. The fourth-order valence-corrected chi connectivity index (χ4v) is 1.40. The van der Waals surface area contributed by atoms with Crippen molar-refractivity contribution in [1.82, 2.24) is 15.5 Å². The number of nitrogens with zero attached hydrogens (tertiary/aromatic N) is 1. The smallest absolute Gasteiger partial charge is 0.251 e. The first-order valence-electron chi connectivity index (χ1n) is 4.97. The molecule has 0 bridgehead atoms. The van der Waals surface area contributed by atoms with Gasteiger partial charge in [0.2, 0.25) is 0 Å². The number of anilines is 1. The number of rotatable bonds is 3. The number of halogens is 1. The minimum Gasteiger partial charge on any atom is -0.399 e. The van der Waals surface area contributed by atoms with Gasteiger partial charge >= 0.3 is 0 Å². The molecule has 0 aliphatic rings. The van der Waals surface area contributed by atoms with Crippen molar-refractivity contribution in [3.8, 4) is 0 Å². The highest BCUT2D eigenvalue weighted by molar-refractivity contribution is 5.94. The van der Waals surface area contributed by atoms with Crippen molar-refractivity contribution < 1.29 is 9.18 Å². The second-order valence-electron chi connectivity index (χ2n) is 3.54. The molecule has 0 spiro atoms. The van der Waals surface area contributed by atoms with Gasteiger partial charge in [-0.3, -0.25) is 9.89 Å². The lowest BCUT2D eigenvalue weighted by Gasteiger charge is -2.04. The Kier molecular flexibility index (Phi) is 3.04. The highest BCUT2D eigenvalue weighted by Crippen LogP contribution is 2.10. The number of nitrogens with two attached hydrogens (primary N) is 1. The molecule has 0 aliphatic heterocycles. The minimum atomic E-state index is -0.531. The third-order valence-electron chi connectivity index (χ3n) is 2.18. The number of carbonyl (C=O) groups excluding carboxylic acids is 1. The van der Waals surface area contributed by atoms with Crippen LogP contribution in [0.15, 0.2) is 30.5 Å². The molecule has 0 unspecified atom stereocenters. The van der Waals surface area contributed by atoms with E-state index in [-0.39, 0.29) is 17.2 Å². The van der Waals surface area contributed by atoms with Crippen molar-refractivity contribution in [1.29, 1.82) is 0 Å². The van der Waals surface area contributed by atoms with E-state index in [0.29, 0.717) is 6.54 Å². The van der Waals surface area contributed by atoms with Crippen LogP contribution in [0, 0.1) is 5.82 Å². The summed E-state index contributed by atoms with van der Waals surface area (Å²) in [6.07, 6.45) is 1.58. The van der Waals surface area contributed by atoms with Crippen molar-refractivity contribution >= 4 is 11.6 Å². The molecule has 2 aromatic rings. The van der Waals surface area contributed by atoms with Crippen LogP contribution in [0.3, 0.4) is 0 Å². The molecule has 17 heavy (non-hydrogen) atoms. The summed E-state index contributed by atoms with van der Waals surface area (Å²) < 4.78 is 13.0. The molecule has 0 radical (unpaired) electrons. The molecule has 0 saturated heterocycles. The molecule has 1 heterocycles. The SMILES string of the molecule is Nc1cc(F)cc(C(=O)NCc2ccn[nH]2)c1. The molecule has 0 fully saturated rings. The van der Waals surface area contributed by atoms with Crippen molar-refractivity contribution in [2.75, 3.05) is 5.73 Å². The maximum atomic E-state index is 13.0. The van der Waals surface area contributed by atoms with Crippen LogP contribution in [0.2, 0.25) is 0 Å². The topological polar surface area (TPSA) is 83.8 Å². The fourth-order valence-electron chi connectivity index (χ4n) is 1.40. The number of hydrogen-bond donors (Lipinski definition) is 3. The molecule has 0 saturated carbocycles. The number of nitrogen functional groups attached to an aromatic ring is 1. The number of hydrogen-bond acceptors (Lipinski definition) is 3. The number of carbonyl (C=O) groups is 1. The van der Waals surface area contributed by atoms with Gasteiger partial charge in [0.1, 0.15) is 5.82 Å². The number of aromatic amines is 1. The van der Waals surface area contributed by atoms with E-state index in [9.17, 15) is 9.18 Å². The molecule has 0 atom stereocenters. The monoisotopic (exact) mass is 234 g/mol. The molecule has 88 valence electrons. The Bertz CT molecular complexity index is 504. The van der Waals surface area contributed by atoms with Gasteiger partial charge in [0.05, 0.1) is 12.2 Å². The van der Waals surface area contributed by atoms with Gasteiger partial charge in [-0.25, -0.2) is 4.39 Å². The van der Waals surface area contributed by atoms with Crippen LogP contribution in [-0.2, 0) is 6.54 Å². The molecule has 1 amide bonds. The van der Waals surface area contributed by atoms with E-state index < -0.39 is 5.82 Å². The largest absolute Gasteiger partial charge is 0.399 e. The van der Waals surface area contributed by atoms with Crippen LogP contribution in [0.4, 0.5) is 10.1 Å². The summed E-state index contributed by atoms with van der Waals surface area (Å²) in [6.45, 7) is 0.301. The summed E-state index contributed by atoms with van der Waals surface area (Å²) in [4.78, 5) is 11.7. The molecule has 1 aromatic carbocycles. The highest BCUT2D eigenvalue weighted by Gasteiger charge is 2.08. The third-order valence-corrected chi connectivity index (χ3v) is 2.18. The van der Waals surface area contributed by atoms with Gasteiger partial charge in [0.15, 0.2) is 0 Å². The van der Waals surface area contributed by atoms with E-state index in [1.54, 1.807) is 12.3 Å². The lowest BCUT2D eigenvalue weighted by molar-refractivity contribution is 0.0950. The third kappa shape index (κ3) is 2.81. The number of nitrogens with one attached hydrogen (secondary N) is 2. The Morgan fingerprint density at radius 1 is 1.47 bits per heavy atom. The van der Waals surface area contributed by atoms with Crippen molar-refractivity contribution in [3.05, 3.63) is 47.5 Å². The van der Waals surface area contributed by atoms with Gasteiger partial charge in [-0.05, 0) is 24.3 Å². The van der Waals surface area contributed by atoms with Crippen molar-refractivity contribution in [2.45, 2.75) is 6.54 Å². The maximum Gasteiger partial charge on any atom is 0.251 e. The van der Waals surface area contributed by atoms with E-state index in [1.807, 2.05) is 0 Å². The van der Waals surface area contributed by atoms with Crippen LogP contribution in [0.1, 0.15) is 16.1 Å². The molecule has 6 heteroatoms. The van der Waals surface area contributed by atoms with Gasteiger partial charge in [-0.15, -0.1) is 0 Å². The molecular weight excluding hydrogens is 223 g/mol. The van der Waals surface area contributed by atoms with Crippen LogP contribution in [-0.4, -0.2) is 16.1 Å². The van der Waals surface area contributed by atoms with Crippen LogP contribution in [0.25, 0.3) is 0 Å². The minimum absolute atomic E-state index is 0.196. The predicted molar refractivity (Wildman–Crippen MR) is 60.6 cm³/mol. The lowest BCUT2D eigenvalue weighted by Crippen LogP contribution is -2.23. The normalized spacial score (nSPS) is 10.2. The fraction of sp³-hybridized carbons (Fsp3) is 0.0909. The Balaban J connectivity index is 2.04. The van der Waals surface area contributed by atoms with E-state index in [2.05, 4.69) is 15.5 Å². The van der Waals surface area contributed by atoms with E-state index in [0.717, 1.165) is 17.8 Å². The van der Waals surface area contributed by atoms with Crippen molar-refractivity contribution in [3.63, 3.8) is 0 Å². The first-order valence-corrected chi connectivity index (χ1v) is 4.97. The summed E-state index contributed by atoms with van der Waals surface area (Å²) in [5, 5.41) is 9.07. The lowest BCUT2D eigenvalue weighted by atomic mass is 10.2. The number of benzene rings is 1. The Labute approximate surface area is 96.8 Å². The predicted octanol–water partition coefficient (Wildman–Crippen LogP) is 1.06. The van der Waals surface area contributed by atoms with Crippen LogP contribution < -0.4 is 11.1 Å². The second-order valence-corrected chi connectivity index (χ2v) is 3.54. The van der Waals surface area contributed by atoms with Gasteiger partial charge in [0.25, 0.3) is 5.91 Å². The van der Waals surface area contributed by atoms with Gasteiger partial charge in [-0.2, -0.15) is 5.10 Å². The Morgan fingerprint density at radius 3 is 2.94 bits per heavy atom. The number of H-pyrrole nitrogens is 1. The summed E-state index contributed by atoms with van der Waals surface area (Å²) in [7, 11) is 0. The van der Waals surface area contributed by atoms with Crippen LogP contribution in [0.5, 0.6) is 0 Å². The zero-order chi connectivity index (χ0) is 12.3. The molecular formula is C11H11FN4O. The summed E-state index contributed by atoms with van der Waals surface area (Å²) in [5.74, 6) is -0.914. The highest BCUT2D eigenvalue weighted by atomic mass is 19.1. The molecule has 1 aromatic heterocycles. The van der Waals surface area contributed by atoms with Gasteiger partial charge in [-0.1, -0.05) is 0 Å². The zero-order valence-electron chi connectivity index (χ0n) is 8.90. The molecule has 2 rings (SSSR count). The maximum absolute atomic E-state index is 13.0. The van der Waals surface area contributed by atoms with E-state index >= 15 is 0 Å². The summed E-state index contributed by atoms with van der Waals surface area (Å²) >= 11 is 0. The van der Waals surface area contributed by atoms with Crippen molar-refractivity contribution in [2.24, 2.45) is 0 Å². The average Bonchev–Trinajstić information content (AvgIpc) is 2.77. The molecule has 0 aliphatic carbocycles. The van der Waals surface area contributed by atoms with Crippen LogP contribution >= 0.6 is 0 Å². The first-order chi connectivity index (χ1) is 8.15. The quantitative estimate of drug-likeness (QED) is 0.694. The standard InChI is InChI=1S/C11H11FN4O/c12-8-3-7(4-9(13)5-8)11(17)14-6-10-1-2-15-16-10/h1-5H,6,13H2,(H,14,17)(H,15,16). The number of amides is 1. The zero-order valence-corrected chi connectivity index (χ0v) is 8.90. The number of aromatic nitrogens is 2. The van der Waals surface area contributed by atoms with E-state index in [1.165, 1.54) is 6.07 Å². The molecule has 4 N–H and O–H groups in total. The Hall–Kier alpha value is -2.37. The Morgan fingerprint density at radius 2 is 2.29 bits per heavy atom. The summed E-state index contributed by atoms with van der Waals surface area (Å²) in [6, 6.07) is 5.45. The second kappa shape index (κ2) is 4.65. The average molecular weight is 234 g/mol.